The summed E-state index contributed by atoms with van der Waals surface area (Å²) >= 11 is 1.20. The summed E-state index contributed by atoms with van der Waals surface area (Å²) < 4.78 is 8.84. The molecule has 1 fully saturated rings. The molecule has 0 aliphatic carbocycles. The van der Waals surface area contributed by atoms with Crippen LogP contribution in [0.5, 0.6) is 0 Å². The van der Waals surface area contributed by atoms with E-state index >= 15 is 0 Å². The fraction of sp³-hybridized carbons (Fsp3) is 0.538. The van der Waals surface area contributed by atoms with Gasteiger partial charge in [-0.1, -0.05) is 9.64 Å². The van der Waals surface area contributed by atoms with Crippen molar-refractivity contribution in [2.24, 2.45) is 0 Å². The Morgan fingerprint density at radius 2 is 2.29 bits per heavy atom. The van der Waals surface area contributed by atoms with E-state index in [1.165, 1.54) is 11.5 Å². The largest absolute Gasteiger partial charge is 0.361 e. The normalized spacial score (nSPS) is 16.9. The van der Waals surface area contributed by atoms with Crippen molar-refractivity contribution in [3.05, 3.63) is 28.6 Å². The van der Waals surface area contributed by atoms with E-state index in [1.807, 2.05) is 17.9 Å². The highest BCUT2D eigenvalue weighted by Crippen LogP contribution is 2.11. The number of carbonyl (C=O) groups excluding carboxylic acids is 1. The summed E-state index contributed by atoms with van der Waals surface area (Å²) in [5, 5.41) is 9.57. The minimum atomic E-state index is -0.0251. The first-order chi connectivity index (χ1) is 10.2. The average Bonchev–Trinajstić information content (AvgIpc) is 3.08. The predicted octanol–water partition coefficient (Wildman–Crippen LogP) is 1.18. The molecule has 7 nitrogen and oxygen atoms in total. The minimum absolute atomic E-state index is 0.0251. The molecule has 2 aromatic rings. The lowest BCUT2D eigenvalue weighted by Crippen LogP contribution is -2.35. The van der Waals surface area contributed by atoms with Gasteiger partial charge in [0.1, 0.15) is 5.76 Å². The van der Waals surface area contributed by atoms with Crippen LogP contribution in [0.25, 0.3) is 0 Å². The van der Waals surface area contributed by atoms with Crippen LogP contribution in [0.1, 0.15) is 28.4 Å². The summed E-state index contributed by atoms with van der Waals surface area (Å²) in [6, 6.07) is 1.95. The molecule has 0 aromatic carbocycles. The first-order valence-electron chi connectivity index (χ1n) is 6.93. The number of rotatable bonds is 3. The van der Waals surface area contributed by atoms with Crippen molar-refractivity contribution in [2.45, 2.75) is 19.9 Å². The fourth-order valence-electron chi connectivity index (χ4n) is 2.47. The molecule has 3 heterocycles. The van der Waals surface area contributed by atoms with Gasteiger partial charge in [-0.25, -0.2) is 0 Å². The van der Waals surface area contributed by atoms with Gasteiger partial charge in [0.15, 0.2) is 5.69 Å². The van der Waals surface area contributed by atoms with Crippen molar-refractivity contribution in [2.75, 3.05) is 26.2 Å². The lowest BCUT2D eigenvalue weighted by molar-refractivity contribution is 0.0755. The van der Waals surface area contributed by atoms with Gasteiger partial charge < -0.3 is 9.42 Å². The van der Waals surface area contributed by atoms with Crippen LogP contribution in [-0.2, 0) is 6.54 Å². The number of aryl methyl sites for hydroxylation is 1. The molecule has 1 saturated heterocycles. The summed E-state index contributed by atoms with van der Waals surface area (Å²) in [6.45, 7) is 5.89. The highest BCUT2D eigenvalue weighted by Gasteiger charge is 2.22. The van der Waals surface area contributed by atoms with E-state index in [-0.39, 0.29) is 5.91 Å². The van der Waals surface area contributed by atoms with Gasteiger partial charge in [-0.3, -0.25) is 9.69 Å². The zero-order chi connectivity index (χ0) is 14.7. The van der Waals surface area contributed by atoms with Crippen molar-refractivity contribution < 1.29 is 9.32 Å². The third-order valence-electron chi connectivity index (χ3n) is 3.52. The second kappa shape index (κ2) is 6.31. The molecule has 0 bridgehead atoms. The topological polar surface area (TPSA) is 75.4 Å². The molecule has 0 spiro atoms. The predicted molar refractivity (Wildman–Crippen MR) is 76.9 cm³/mol. The van der Waals surface area contributed by atoms with Gasteiger partial charge in [-0.15, -0.1) is 5.10 Å². The Bertz CT molecular complexity index is 597. The van der Waals surface area contributed by atoms with Crippen LogP contribution in [0.3, 0.4) is 0 Å². The smallest absolute Gasteiger partial charge is 0.275 e. The lowest BCUT2D eigenvalue weighted by Gasteiger charge is -2.20. The van der Waals surface area contributed by atoms with Crippen LogP contribution in [0, 0.1) is 6.92 Å². The summed E-state index contributed by atoms with van der Waals surface area (Å²) in [5.74, 6) is 0.801. The molecule has 0 atom stereocenters. The van der Waals surface area contributed by atoms with Crippen molar-refractivity contribution in [1.82, 2.24) is 24.5 Å². The summed E-state index contributed by atoms with van der Waals surface area (Å²) in [4.78, 5) is 16.4. The standard InChI is InChI=1S/C13H17N5O2S/c1-10-7-11(15-20-10)8-17-3-2-4-18(6-5-17)13(19)12-9-21-16-14-12/h7,9H,2-6,8H2,1H3. The number of carbonyl (C=O) groups is 1. The Labute approximate surface area is 126 Å². The third-order valence-corrected chi connectivity index (χ3v) is 4.02. The molecule has 1 aliphatic heterocycles. The molecule has 0 saturated carbocycles. The number of nitrogens with zero attached hydrogens (tertiary/aromatic N) is 5. The zero-order valence-electron chi connectivity index (χ0n) is 11.9. The molecule has 1 aliphatic rings. The van der Waals surface area contributed by atoms with E-state index in [0.717, 1.165) is 44.1 Å². The van der Waals surface area contributed by atoms with Gasteiger partial charge in [-0.05, 0) is 24.9 Å². The average molecular weight is 307 g/mol. The molecule has 1 amide bonds. The zero-order valence-corrected chi connectivity index (χ0v) is 12.7. The molecule has 8 heteroatoms. The van der Waals surface area contributed by atoms with Crippen molar-refractivity contribution in [3.63, 3.8) is 0 Å². The molecular formula is C13H17N5O2S. The first-order valence-corrected chi connectivity index (χ1v) is 7.77. The van der Waals surface area contributed by atoms with Crippen LogP contribution < -0.4 is 0 Å². The third kappa shape index (κ3) is 3.45. The van der Waals surface area contributed by atoms with E-state index in [1.54, 1.807) is 5.38 Å². The van der Waals surface area contributed by atoms with E-state index in [4.69, 9.17) is 4.52 Å². The van der Waals surface area contributed by atoms with Gasteiger partial charge >= 0.3 is 0 Å². The maximum absolute atomic E-state index is 12.3. The van der Waals surface area contributed by atoms with Crippen LogP contribution >= 0.6 is 11.5 Å². The highest BCUT2D eigenvalue weighted by atomic mass is 32.1. The van der Waals surface area contributed by atoms with Crippen LogP contribution in [-0.4, -0.2) is 56.6 Å². The number of amides is 1. The maximum Gasteiger partial charge on any atom is 0.275 e. The molecule has 21 heavy (non-hydrogen) atoms. The molecular weight excluding hydrogens is 290 g/mol. The summed E-state index contributed by atoms with van der Waals surface area (Å²) in [7, 11) is 0. The molecule has 2 aromatic heterocycles. The maximum atomic E-state index is 12.3. The van der Waals surface area contributed by atoms with Gasteiger partial charge in [0.25, 0.3) is 5.91 Å². The van der Waals surface area contributed by atoms with Gasteiger partial charge in [0.05, 0.1) is 5.69 Å². The Balaban J connectivity index is 1.58. The molecule has 0 radical (unpaired) electrons. The van der Waals surface area contributed by atoms with Crippen molar-refractivity contribution in [3.8, 4) is 0 Å². The molecule has 0 N–H and O–H groups in total. The van der Waals surface area contributed by atoms with Gasteiger partial charge in [-0.2, -0.15) is 0 Å². The SMILES string of the molecule is Cc1cc(CN2CCCN(C(=O)c3csnn3)CC2)no1. The van der Waals surface area contributed by atoms with Crippen LogP contribution in [0.15, 0.2) is 16.0 Å². The second-order valence-electron chi connectivity index (χ2n) is 5.14. The van der Waals surface area contributed by atoms with E-state index in [0.29, 0.717) is 12.2 Å². The van der Waals surface area contributed by atoms with E-state index in [2.05, 4.69) is 19.6 Å². The second-order valence-corrected chi connectivity index (χ2v) is 5.75. The van der Waals surface area contributed by atoms with E-state index in [9.17, 15) is 4.79 Å². The minimum Gasteiger partial charge on any atom is -0.361 e. The number of aromatic nitrogens is 3. The monoisotopic (exact) mass is 307 g/mol. The molecule has 3 rings (SSSR count). The summed E-state index contributed by atoms with van der Waals surface area (Å²) in [5.41, 5.74) is 1.39. The Morgan fingerprint density at radius 1 is 1.38 bits per heavy atom. The molecule has 0 unspecified atom stereocenters. The number of hydrogen-bond acceptors (Lipinski definition) is 7. The highest BCUT2D eigenvalue weighted by molar-refractivity contribution is 7.03. The summed E-state index contributed by atoms with van der Waals surface area (Å²) in [6.07, 6.45) is 0.945. The Morgan fingerprint density at radius 3 is 3.00 bits per heavy atom. The lowest BCUT2D eigenvalue weighted by atomic mass is 10.3. The van der Waals surface area contributed by atoms with Crippen molar-refractivity contribution >= 4 is 17.4 Å². The number of hydrogen-bond donors (Lipinski definition) is 0. The Hall–Kier alpha value is -1.80. The van der Waals surface area contributed by atoms with Gasteiger partial charge in [0.2, 0.25) is 0 Å². The van der Waals surface area contributed by atoms with E-state index < -0.39 is 0 Å². The quantitative estimate of drug-likeness (QED) is 0.847. The van der Waals surface area contributed by atoms with Crippen LogP contribution in [0.4, 0.5) is 0 Å². The van der Waals surface area contributed by atoms with Crippen LogP contribution in [0.2, 0.25) is 0 Å². The fourth-order valence-corrected chi connectivity index (χ4v) is 2.90. The van der Waals surface area contributed by atoms with Crippen molar-refractivity contribution in [1.29, 1.82) is 0 Å². The Kier molecular flexibility index (Phi) is 4.26. The first kappa shape index (κ1) is 14.2. The molecule has 112 valence electrons. The van der Waals surface area contributed by atoms with Gasteiger partial charge in [0, 0.05) is 44.2 Å².